The molecular formula is C30H39Cl2F2N3O. The SMILES string of the molecule is Cl.Cl.NC(Cc1ccccc1)C(O)CN1CCN(CCCC(c2ccc(F)cc2)c2ccc(F)cc2)CC1. The second kappa shape index (κ2) is 16.1. The summed E-state index contributed by atoms with van der Waals surface area (Å²) in [4.78, 5) is 4.75. The summed E-state index contributed by atoms with van der Waals surface area (Å²) in [5, 5.41) is 10.6. The van der Waals surface area contributed by atoms with Crippen molar-refractivity contribution in [2.45, 2.75) is 37.3 Å². The average Bonchev–Trinajstić information content (AvgIpc) is 2.89. The molecule has 0 spiro atoms. The number of halogens is 4. The van der Waals surface area contributed by atoms with Crippen LogP contribution in [0.3, 0.4) is 0 Å². The van der Waals surface area contributed by atoms with Crippen LogP contribution in [-0.4, -0.2) is 66.3 Å². The summed E-state index contributed by atoms with van der Waals surface area (Å²) in [7, 11) is 0. The topological polar surface area (TPSA) is 52.7 Å². The summed E-state index contributed by atoms with van der Waals surface area (Å²) in [5.74, 6) is -0.394. The second-order valence-corrected chi connectivity index (χ2v) is 9.86. The number of hydrogen-bond donors (Lipinski definition) is 2. The lowest BCUT2D eigenvalue weighted by Gasteiger charge is -2.36. The number of aliphatic hydroxyl groups is 1. The Labute approximate surface area is 237 Å². The molecule has 4 nitrogen and oxygen atoms in total. The number of rotatable bonds is 11. The van der Waals surface area contributed by atoms with Gasteiger partial charge >= 0.3 is 0 Å². The standard InChI is InChI=1S/C30H37F2N3O.2ClH/c31-26-12-8-24(9-13-26)28(25-10-14-27(32)15-11-25)7-4-16-34-17-19-35(20-18-34)22-30(36)29(33)21-23-5-2-1-3-6-23;;/h1-3,5-6,8-15,28-30,36H,4,7,16-22,33H2;2*1H. The van der Waals surface area contributed by atoms with Crippen LogP contribution >= 0.6 is 24.8 Å². The fourth-order valence-corrected chi connectivity index (χ4v) is 5.05. The monoisotopic (exact) mass is 565 g/mol. The van der Waals surface area contributed by atoms with Gasteiger partial charge in [0.25, 0.3) is 0 Å². The van der Waals surface area contributed by atoms with Gasteiger partial charge in [0.2, 0.25) is 0 Å². The van der Waals surface area contributed by atoms with Crippen molar-refractivity contribution in [3.05, 3.63) is 107 Å². The molecule has 208 valence electrons. The Bertz CT molecular complexity index is 1000. The van der Waals surface area contributed by atoms with Crippen molar-refractivity contribution < 1.29 is 13.9 Å². The molecule has 1 aliphatic heterocycles. The molecule has 1 saturated heterocycles. The Hall–Kier alpha value is -2.06. The highest BCUT2D eigenvalue weighted by atomic mass is 35.5. The lowest BCUT2D eigenvalue weighted by Crippen LogP contribution is -2.51. The Kier molecular flexibility index (Phi) is 13.7. The maximum Gasteiger partial charge on any atom is 0.123 e. The normalized spacial score (nSPS) is 15.9. The first-order valence-electron chi connectivity index (χ1n) is 12.9. The molecule has 0 aromatic heterocycles. The number of piperazine rings is 1. The maximum absolute atomic E-state index is 13.5. The fourth-order valence-electron chi connectivity index (χ4n) is 5.05. The smallest absolute Gasteiger partial charge is 0.123 e. The highest BCUT2D eigenvalue weighted by Crippen LogP contribution is 2.30. The van der Waals surface area contributed by atoms with Gasteiger partial charge in [-0.15, -0.1) is 24.8 Å². The largest absolute Gasteiger partial charge is 0.390 e. The zero-order valence-corrected chi connectivity index (χ0v) is 23.2. The van der Waals surface area contributed by atoms with Crippen molar-refractivity contribution in [2.24, 2.45) is 5.73 Å². The Morgan fingerprint density at radius 3 is 1.76 bits per heavy atom. The highest BCUT2D eigenvalue weighted by molar-refractivity contribution is 5.85. The number of nitrogens with zero attached hydrogens (tertiary/aromatic N) is 2. The van der Waals surface area contributed by atoms with E-state index in [9.17, 15) is 13.9 Å². The molecule has 2 unspecified atom stereocenters. The highest BCUT2D eigenvalue weighted by Gasteiger charge is 2.23. The fraction of sp³-hybridized carbons (Fsp3) is 0.400. The van der Waals surface area contributed by atoms with E-state index in [4.69, 9.17) is 5.73 Å². The van der Waals surface area contributed by atoms with Gasteiger partial charge in [-0.3, -0.25) is 4.90 Å². The van der Waals surface area contributed by atoms with Crippen LogP contribution in [0.25, 0.3) is 0 Å². The van der Waals surface area contributed by atoms with Crippen LogP contribution in [0.15, 0.2) is 78.9 Å². The van der Waals surface area contributed by atoms with Crippen LogP contribution in [-0.2, 0) is 6.42 Å². The third-order valence-electron chi connectivity index (χ3n) is 7.23. The predicted octanol–water partition coefficient (Wildman–Crippen LogP) is 5.27. The summed E-state index contributed by atoms with van der Waals surface area (Å²) < 4.78 is 26.9. The van der Waals surface area contributed by atoms with Gasteiger partial charge in [-0.25, -0.2) is 8.78 Å². The van der Waals surface area contributed by atoms with Crippen LogP contribution in [0.4, 0.5) is 8.78 Å². The zero-order chi connectivity index (χ0) is 25.3. The van der Waals surface area contributed by atoms with Crippen molar-refractivity contribution in [1.82, 2.24) is 9.80 Å². The summed E-state index contributed by atoms with van der Waals surface area (Å²) >= 11 is 0. The van der Waals surface area contributed by atoms with E-state index in [0.29, 0.717) is 13.0 Å². The quantitative estimate of drug-likeness (QED) is 0.332. The van der Waals surface area contributed by atoms with Gasteiger partial charge in [0.1, 0.15) is 11.6 Å². The van der Waals surface area contributed by atoms with Crippen LogP contribution < -0.4 is 5.73 Å². The van der Waals surface area contributed by atoms with E-state index >= 15 is 0 Å². The summed E-state index contributed by atoms with van der Waals surface area (Å²) in [6.45, 7) is 5.31. The minimum atomic E-state index is -0.552. The van der Waals surface area contributed by atoms with Gasteiger partial charge in [-0.2, -0.15) is 0 Å². The van der Waals surface area contributed by atoms with Crippen molar-refractivity contribution in [3.63, 3.8) is 0 Å². The van der Waals surface area contributed by atoms with Crippen molar-refractivity contribution >= 4 is 24.8 Å². The molecule has 0 amide bonds. The molecule has 1 fully saturated rings. The van der Waals surface area contributed by atoms with Crippen LogP contribution in [0.5, 0.6) is 0 Å². The average molecular weight is 567 g/mol. The first-order chi connectivity index (χ1) is 17.5. The van der Waals surface area contributed by atoms with E-state index in [1.54, 1.807) is 0 Å². The number of aliphatic hydroxyl groups excluding tert-OH is 1. The molecule has 38 heavy (non-hydrogen) atoms. The van der Waals surface area contributed by atoms with Gasteiger partial charge in [0.15, 0.2) is 0 Å². The number of benzene rings is 3. The maximum atomic E-state index is 13.5. The van der Waals surface area contributed by atoms with E-state index in [1.165, 1.54) is 24.3 Å². The minimum Gasteiger partial charge on any atom is -0.390 e. The molecule has 4 rings (SSSR count). The van der Waals surface area contributed by atoms with Gasteiger partial charge < -0.3 is 15.7 Å². The molecular weight excluding hydrogens is 527 g/mol. The lowest BCUT2D eigenvalue weighted by atomic mass is 9.87. The summed E-state index contributed by atoms with van der Waals surface area (Å²) in [5.41, 5.74) is 9.52. The Morgan fingerprint density at radius 1 is 0.737 bits per heavy atom. The third-order valence-corrected chi connectivity index (χ3v) is 7.23. The van der Waals surface area contributed by atoms with E-state index in [2.05, 4.69) is 9.80 Å². The van der Waals surface area contributed by atoms with Gasteiger partial charge in [0, 0.05) is 44.7 Å². The van der Waals surface area contributed by atoms with Crippen LogP contribution in [0, 0.1) is 11.6 Å². The molecule has 0 radical (unpaired) electrons. The van der Waals surface area contributed by atoms with Gasteiger partial charge in [-0.05, 0) is 66.8 Å². The molecule has 8 heteroatoms. The molecule has 3 N–H and O–H groups in total. The molecule has 2 atom stereocenters. The third kappa shape index (κ3) is 9.60. The Morgan fingerprint density at radius 2 is 1.24 bits per heavy atom. The summed E-state index contributed by atoms with van der Waals surface area (Å²) in [6.07, 6.45) is 2.02. The van der Waals surface area contributed by atoms with Crippen molar-refractivity contribution in [1.29, 1.82) is 0 Å². The number of β-amino-alcohol motifs (C(OH)–C–C–N with tert-alkyl or cyclic N) is 1. The van der Waals surface area contributed by atoms with E-state index in [0.717, 1.165) is 62.3 Å². The Balaban J connectivity index is 0.00000253. The molecule has 1 heterocycles. The van der Waals surface area contributed by atoms with E-state index < -0.39 is 6.10 Å². The minimum absolute atomic E-state index is 0. The van der Waals surface area contributed by atoms with E-state index in [1.807, 2.05) is 54.6 Å². The molecule has 3 aromatic rings. The lowest BCUT2D eigenvalue weighted by molar-refractivity contribution is 0.0594. The predicted molar refractivity (Wildman–Crippen MR) is 155 cm³/mol. The van der Waals surface area contributed by atoms with E-state index in [-0.39, 0.29) is 48.4 Å². The number of nitrogens with two attached hydrogens (primary N) is 1. The zero-order valence-electron chi connectivity index (χ0n) is 21.6. The van der Waals surface area contributed by atoms with Crippen molar-refractivity contribution in [3.8, 4) is 0 Å². The van der Waals surface area contributed by atoms with Gasteiger partial charge in [0.05, 0.1) is 6.10 Å². The van der Waals surface area contributed by atoms with Crippen molar-refractivity contribution in [2.75, 3.05) is 39.3 Å². The summed E-state index contributed by atoms with van der Waals surface area (Å²) in [6, 6.07) is 23.1. The molecule has 0 bridgehead atoms. The molecule has 3 aromatic carbocycles. The first kappa shape index (κ1) is 32.2. The van der Waals surface area contributed by atoms with Crippen LogP contribution in [0.2, 0.25) is 0 Å². The molecule has 0 saturated carbocycles. The molecule has 1 aliphatic rings. The first-order valence-corrected chi connectivity index (χ1v) is 12.9. The molecule has 0 aliphatic carbocycles. The number of hydrogen-bond acceptors (Lipinski definition) is 4. The second-order valence-electron chi connectivity index (χ2n) is 9.86. The van der Waals surface area contributed by atoms with Crippen LogP contribution in [0.1, 0.15) is 35.4 Å². The van der Waals surface area contributed by atoms with Gasteiger partial charge in [-0.1, -0.05) is 54.6 Å².